The zero-order valence-electron chi connectivity index (χ0n) is 9.36. The van der Waals surface area contributed by atoms with E-state index in [1.54, 1.807) is 18.2 Å². The van der Waals surface area contributed by atoms with E-state index in [1.807, 2.05) is 0 Å². The highest BCUT2D eigenvalue weighted by Crippen LogP contribution is 2.20. The molecular formula is C11H8ClN5O. The minimum atomic E-state index is -0.356. The molecule has 0 aliphatic rings. The van der Waals surface area contributed by atoms with Gasteiger partial charge in [-0.2, -0.15) is 15.6 Å². The first-order valence-corrected chi connectivity index (χ1v) is 5.15. The zero-order chi connectivity index (χ0) is 13.5. The number of nitrogens with zero attached hydrogens (tertiary/aromatic N) is 3. The summed E-state index contributed by atoms with van der Waals surface area (Å²) in [5.41, 5.74) is 2.76. The quantitative estimate of drug-likeness (QED) is 0.636. The van der Waals surface area contributed by atoms with Crippen LogP contribution in [0.3, 0.4) is 0 Å². The number of nitrogens with one attached hydrogen (secondary N) is 2. The Morgan fingerprint density at radius 3 is 2.61 bits per heavy atom. The van der Waals surface area contributed by atoms with Crippen LogP contribution in [-0.2, 0) is 0 Å². The highest BCUT2D eigenvalue weighted by Gasteiger charge is 2.10. The molecule has 0 aromatic heterocycles. The van der Waals surface area contributed by atoms with Crippen molar-refractivity contribution >= 4 is 28.9 Å². The van der Waals surface area contributed by atoms with Gasteiger partial charge in [0.05, 0.1) is 11.3 Å². The molecule has 2 N–H and O–H groups in total. The number of benzene rings is 1. The summed E-state index contributed by atoms with van der Waals surface area (Å²) in [5, 5.41) is 23.5. The SMILES string of the molecule is CNC(=O)c1cc(Cl)ccc1NN=C(C#N)C#N. The maximum absolute atomic E-state index is 11.6. The molecule has 0 radical (unpaired) electrons. The van der Waals surface area contributed by atoms with Crippen LogP contribution >= 0.6 is 11.6 Å². The highest BCUT2D eigenvalue weighted by molar-refractivity contribution is 6.31. The molecular weight excluding hydrogens is 254 g/mol. The van der Waals surface area contributed by atoms with Gasteiger partial charge < -0.3 is 5.32 Å². The molecule has 1 aromatic rings. The van der Waals surface area contributed by atoms with Gasteiger partial charge in [-0.15, -0.1) is 0 Å². The number of halogens is 1. The number of hydrazone groups is 1. The Kier molecular flexibility index (Phi) is 4.67. The monoisotopic (exact) mass is 261 g/mol. The van der Waals surface area contributed by atoms with Crippen molar-refractivity contribution in [3.63, 3.8) is 0 Å². The van der Waals surface area contributed by atoms with Crippen LogP contribution in [0.25, 0.3) is 0 Å². The predicted octanol–water partition coefficient (Wildman–Crippen LogP) is 1.51. The molecule has 0 saturated carbocycles. The van der Waals surface area contributed by atoms with E-state index in [1.165, 1.54) is 19.2 Å². The maximum atomic E-state index is 11.6. The molecule has 0 spiro atoms. The summed E-state index contributed by atoms with van der Waals surface area (Å²) in [4.78, 5) is 11.6. The van der Waals surface area contributed by atoms with Gasteiger partial charge in [0.1, 0.15) is 12.1 Å². The third-order valence-electron chi connectivity index (χ3n) is 1.95. The van der Waals surface area contributed by atoms with Crippen LogP contribution in [0.4, 0.5) is 5.69 Å². The molecule has 0 heterocycles. The lowest BCUT2D eigenvalue weighted by Crippen LogP contribution is -2.19. The minimum absolute atomic E-state index is 0.268. The largest absolute Gasteiger partial charge is 0.355 e. The van der Waals surface area contributed by atoms with Crippen LogP contribution in [0.2, 0.25) is 5.02 Å². The van der Waals surface area contributed by atoms with Crippen LogP contribution in [0, 0.1) is 22.7 Å². The number of hydrogen-bond acceptors (Lipinski definition) is 5. The van der Waals surface area contributed by atoms with Crippen LogP contribution in [0.1, 0.15) is 10.4 Å². The van der Waals surface area contributed by atoms with E-state index in [-0.39, 0.29) is 17.2 Å². The Bertz CT molecular complexity index is 566. The molecule has 0 saturated heterocycles. The van der Waals surface area contributed by atoms with Gasteiger partial charge in [0, 0.05) is 12.1 Å². The number of anilines is 1. The molecule has 0 unspecified atom stereocenters. The Labute approximate surface area is 108 Å². The van der Waals surface area contributed by atoms with Crippen LogP contribution in [0.15, 0.2) is 23.3 Å². The van der Waals surface area contributed by atoms with Gasteiger partial charge in [-0.1, -0.05) is 11.6 Å². The fourth-order valence-electron chi connectivity index (χ4n) is 1.13. The summed E-state index contributed by atoms with van der Waals surface area (Å²) >= 11 is 5.79. The average Bonchev–Trinajstić information content (AvgIpc) is 2.40. The van der Waals surface area contributed by atoms with Crippen molar-refractivity contribution in [2.24, 2.45) is 5.10 Å². The zero-order valence-corrected chi connectivity index (χ0v) is 10.1. The van der Waals surface area contributed by atoms with Crippen molar-refractivity contribution in [1.29, 1.82) is 10.5 Å². The van der Waals surface area contributed by atoms with Crippen molar-refractivity contribution in [2.75, 3.05) is 12.5 Å². The molecule has 6 nitrogen and oxygen atoms in total. The van der Waals surface area contributed by atoms with E-state index in [4.69, 9.17) is 22.1 Å². The van der Waals surface area contributed by atoms with E-state index in [9.17, 15) is 4.79 Å². The molecule has 1 amide bonds. The molecule has 7 heteroatoms. The van der Waals surface area contributed by atoms with E-state index >= 15 is 0 Å². The fourth-order valence-corrected chi connectivity index (χ4v) is 1.30. The topological polar surface area (TPSA) is 101 Å². The van der Waals surface area contributed by atoms with Gasteiger partial charge in [-0.05, 0) is 18.2 Å². The number of carbonyl (C=O) groups is 1. The summed E-state index contributed by atoms with van der Waals surface area (Å²) in [7, 11) is 1.48. The first-order chi connectivity index (χ1) is 8.62. The number of rotatable bonds is 3. The second-order valence-electron chi connectivity index (χ2n) is 3.06. The molecule has 1 aromatic carbocycles. The summed E-state index contributed by atoms with van der Waals surface area (Å²) in [6.07, 6.45) is 0. The normalized spacial score (nSPS) is 8.67. The van der Waals surface area contributed by atoms with Crippen molar-refractivity contribution in [3.05, 3.63) is 28.8 Å². The van der Waals surface area contributed by atoms with Crippen molar-refractivity contribution in [3.8, 4) is 12.1 Å². The smallest absolute Gasteiger partial charge is 0.253 e. The van der Waals surface area contributed by atoms with Gasteiger partial charge in [0.2, 0.25) is 5.71 Å². The lowest BCUT2D eigenvalue weighted by atomic mass is 10.1. The first kappa shape index (κ1) is 13.5. The standard InChI is InChI=1S/C11H8ClN5O/c1-15-11(18)9-4-7(12)2-3-10(9)17-16-8(5-13)6-14/h2-4,17H,1H3,(H,15,18). The van der Waals surface area contributed by atoms with E-state index in [0.717, 1.165) is 0 Å². The van der Waals surface area contributed by atoms with Crippen LogP contribution in [0.5, 0.6) is 0 Å². The molecule has 0 aliphatic carbocycles. The Hall–Kier alpha value is -2.57. The number of nitriles is 2. The molecule has 0 aliphatic heterocycles. The van der Waals surface area contributed by atoms with E-state index in [2.05, 4.69) is 15.8 Å². The van der Waals surface area contributed by atoms with E-state index < -0.39 is 0 Å². The van der Waals surface area contributed by atoms with Gasteiger partial charge in [-0.25, -0.2) is 0 Å². The molecule has 0 fully saturated rings. The van der Waals surface area contributed by atoms with Crippen molar-refractivity contribution in [2.45, 2.75) is 0 Å². The summed E-state index contributed by atoms with van der Waals surface area (Å²) in [5.74, 6) is -0.356. The summed E-state index contributed by atoms with van der Waals surface area (Å²) in [6.45, 7) is 0. The van der Waals surface area contributed by atoms with E-state index in [0.29, 0.717) is 10.7 Å². The van der Waals surface area contributed by atoms with Crippen molar-refractivity contribution < 1.29 is 4.79 Å². The molecule has 18 heavy (non-hydrogen) atoms. The molecule has 0 bridgehead atoms. The molecule has 0 atom stereocenters. The Morgan fingerprint density at radius 2 is 2.06 bits per heavy atom. The average molecular weight is 262 g/mol. The number of carbonyl (C=O) groups excluding carboxylic acids is 1. The highest BCUT2D eigenvalue weighted by atomic mass is 35.5. The van der Waals surface area contributed by atoms with Gasteiger partial charge in [0.15, 0.2) is 0 Å². The van der Waals surface area contributed by atoms with Gasteiger partial charge in [-0.3, -0.25) is 10.2 Å². The molecule has 90 valence electrons. The second-order valence-corrected chi connectivity index (χ2v) is 3.50. The maximum Gasteiger partial charge on any atom is 0.253 e. The lowest BCUT2D eigenvalue weighted by Gasteiger charge is -2.07. The number of amides is 1. The Balaban J connectivity index is 3.11. The summed E-state index contributed by atoms with van der Waals surface area (Å²) in [6, 6.07) is 7.74. The van der Waals surface area contributed by atoms with Crippen LogP contribution in [-0.4, -0.2) is 18.7 Å². The van der Waals surface area contributed by atoms with Crippen molar-refractivity contribution in [1.82, 2.24) is 5.32 Å². The Morgan fingerprint density at radius 1 is 1.39 bits per heavy atom. The second kappa shape index (κ2) is 6.24. The summed E-state index contributed by atoms with van der Waals surface area (Å²) < 4.78 is 0. The minimum Gasteiger partial charge on any atom is -0.355 e. The fraction of sp³-hybridized carbons (Fsp3) is 0.0909. The predicted molar refractivity (Wildman–Crippen MR) is 67.1 cm³/mol. The third kappa shape index (κ3) is 3.21. The third-order valence-corrected chi connectivity index (χ3v) is 2.19. The molecule has 1 rings (SSSR count). The first-order valence-electron chi connectivity index (χ1n) is 4.78. The number of hydrogen-bond donors (Lipinski definition) is 2. The van der Waals surface area contributed by atoms with Gasteiger partial charge >= 0.3 is 0 Å². The van der Waals surface area contributed by atoms with Gasteiger partial charge in [0.25, 0.3) is 5.91 Å². The van der Waals surface area contributed by atoms with Crippen LogP contribution < -0.4 is 10.7 Å². The lowest BCUT2D eigenvalue weighted by molar-refractivity contribution is 0.0964.